The average molecular weight is 161 g/mol. The maximum absolute atomic E-state index is 5.79. The number of pyridine rings is 1. The van der Waals surface area contributed by atoms with Gasteiger partial charge in [-0.2, -0.15) is 0 Å². The first-order valence-electron chi connectivity index (χ1n) is 4.02. The van der Waals surface area contributed by atoms with Crippen molar-refractivity contribution in [1.82, 2.24) is 9.55 Å². The molecule has 0 atom stereocenters. The molecule has 0 aromatic carbocycles. The molecule has 0 radical (unpaired) electrons. The summed E-state index contributed by atoms with van der Waals surface area (Å²) in [5.74, 6) is 0. The highest BCUT2D eigenvalue weighted by Gasteiger charge is 2.03. The molecule has 2 aromatic heterocycles. The minimum Gasteiger partial charge on any atom is -0.397 e. The number of hydrogen-bond acceptors (Lipinski definition) is 2. The summed E-state index contributed by atoms with van der Waals surface area (Å²) in [7, 11) is 0. The van der Waals surface area contributed by atoms with Gasteiger partial charge in [-0.15, -0.1) is 0 Å². The number of hydrogen-bond donors (Lipinski definition) is 1. The summed E-state index contributed by atoms with van der Waals surface area (Å²) in [6, 6.07) is 3.89. The van der Waals surface area contributed by atoms with Crippen LogP contribution in [0.5, 0.6) is 0 Å². The van der Waals surface area contributed by atoms with Crippen molar-refractivity contribution < 1.29 is 0 Å². The highest BCUT2D eigenvalue weighted by atomic mass is 15.0. The molecule has 2 aromatic rings. The van der Waals surface area contributed by atoms with Crippen molar-refractivity contribution >= 4 is 16.7 Å². The molecule has 2 N–H and O–H groups in total. The SMILES string of the molecule is CCn1cc(N)c2cccnc21. The van der Waals surface area contributed by atoms with Crippen molar-refractivity contribution in [1.29, 1.82) is 0 Å². The van der Waals surface area contributed by atoms with Crippen molar-refractivity contribution in [2.75, 3.05) is 5.73 Å². The van der Waals surface area contributed by atoms with Crippen molar-refractivity contribution in [3.8, 4) is 0 Å². The molecule has 2 heterocycles. The third kappa shape index (κ3) is 0.863. The Morgan fingerprint density at radius 1 is 1.58 bits per heavy atom. The quantitative estimate of drug-likeness (QED) is 0.691. The van der Waals surface area contributed by atoms with Crippen LogP contribution in [-0.4, -0.2) is 9.55 Å². The van der Waals surface area contributed by atoms with E-state index in [4.69, 9.17) is 5.73 Å². The Morgan fingerprint density at radius 2 is 2.42 bits per heavy atom. The fourth-order valence-corrected chi connectivity index (χ4v) is 1.39. The number of aromatic nitrogens is 2. The summed E-state index contributed by atoms with van der Waals surface area (Å²) in [5.41, 5.74) is 7.57. The van der Waals surface area contributed by atoms with Crippen molar-refractivity contribution in [3.63, 3.8) is 0 Å². The Labute approximate surface area is 70.8 Å². The summed E-state index contributed by atoms with van der Waals surface area (Å²) < 4.78 is 2.05. The second-order valence-corrected chi connectivity index (χ2v) is 2.75. The van der Waals surface area contributed by atoms with E-state index in [1.165, 1.54) is 0 Å². The fraction of sp³-hybridized carbons (Fsp3) is 0.222. The fourth-order valence-electron chi connectivity index (χ4n) is 1.39. The number of anilines is 1. The topological polar surface area (TPSA) is 43.8 Å². The van der Waals surface area contributed by atoms with Gasteiger partial charge in [-0.25, -0.2) is 4.98 Å². The maximum Gasteiger partial charge on any atom is 0.141 e. The Bertz CT molecular complexity index is 403. The molecule has 12 heavy (non-hydrogen) atoms. The van der Waals surface area contributed by atoms with Crippen LogP contribution in [0.1, 0.15) is 6.92 Å². The summed E-state index contributed by atoms with van der Waals surface area (Å²) >= 11 is 0. The van der Waals surface area contributed by atoms with E-state index >= 15 is 0 Å². The normalized spacial score (nSPS) is 10.8. The van der Waals surface area contributed by atoms with Crippen LogP contribution in [0.3, 0.4) is 0 Å². The van der Waals surface area contributed by atoms with E-state index in [0.717, 1.165) is 23.3 Å². The highest BCUT2D eigenvalue weighted by molar-refractivity contribution is 5.88. The first kappa shape index (κ1) is 7.16. The van der Waals surface area contributed by atoms with Crippen LogP contribution >= 0.6 is 0 Å². The molecule has 0 amide bonds. The zero-order valence-electron chi connectivity index (χ0n) is 6.99. The van der Waals surface area contributed by atoms with E-state index in [2.05, 4.69) is 11.9 Å². The van der Waals surface area contributed by atoms with Crippen LogP contribution in [-0.2, 0) is 6.54 Å². The van der Waals surface area contributed by atoms with Crippen LogP contribution in [0.2, 0.25) is 0 Å². The van der Waals surface area contributed by atoms with E-state index in [1.807, 2.05) is 22.9 Å². The predicted octanol–water partition coefficient (Wildman–Crippen LogP) is 1.64. The lowest BCUT2D eigenvalue weighted by molar-refractivity contribution is 0.788. The van der Waals surface area contributed by atoms with Gasteiger partial charge in [-0.3, -0.25) is 0 Å². The van der Waals surface area contributed by atoms with Gasteiger partial charge in [0, 0.05) is 24.3 Å². The second-order valence-electron chi connectivity index (χ2n) is 2.75. The van der Waals surface area contributed by atoms with Gasteiger partial charge < -0.3 is 10.3 Å². The number of rotatable bonds is 1. The summed E-state index contributed by atoms with van der Waals surface area (Å²) in [4.78, 5) is 4.26. The molecule has 0 bridgehead atoms. The van der Waals surface area contributed by atoms with Gasteiger partial charge in [-0.1, -0.05) is 0 Å². The van der Waals surface area contributed by atoms with Gasteiger partial charge >= 0.3 is 0 Å². The zero-order valence-corrected chi connectivity index (χ0v) is 6.99. The Balaban J connectivity index is 2.82. The van der Waals surface area contributed by atoms with E-state index < -0.39 is 0 Å². The lowest BCUT2D eigenvalue weighted by atomic mass is 10.3. The molecule has 2 rings (SSSR count). The number of nitrogens with two attached hydrogens (primary N) is 1. The van der Waals surface area contributed by atoms with Crippen LogP contribution < -0.4 is 5.73 Å². The number of nitrogens with zero attached hydrogens (tertiary/aromatic N) is 2. The Morgan fingerprint density at radius 3 is 3.17 bits per heavy atom. The smallest absolute Gasteiger partial charge is 0.141 e. The summed E-state index contributed by atoms with van der Waals surface area (Å²) in [6.45, 7) is 2.98. The van der Waals surface area contributed by atoms with Crippen molar-refractivity contribution in [2.45, 2.75) is 13.5 Å². The molecule has 0 aliphatic heterocycles. The molecule has 0 unspecified atom stereocenters. The molecule has 3 nitrogen and oxygen atoms in total. The Hall–Kier alpha value is -1.51. The number of fused-ring (bicyclic) bond motifs is 1. The van der Waals surface area contributed by atoms with E-state index in [1.54, 1.807) is 6.20 Å². The monoisotopic (exact) mass is 161 g/mol. The second kappa shape index (κ2) is 2.52. The number of aryl methyl sites for hydroxylation is 1. The summed E-state index contributed by atoms with van der Waals surface area (Å²) in [6.07, 6.45) is 3.71. The summed E-state index contributed by atoms with van der Waals surface area (Å²) in [5, 5.41) is 1.04. The molecule has 3 heteroatoms. The third-order valence-corrected chi connectivity index (χ3v) is 2.01. The van der Waals surface area contributed by atoms with Crippen LogP contribution in [0.15, 0.2) is 24.5 Å². The van der Waals surface area contributed by atoms with Gasteiger partial charge in [0.15, 0.2) is 0 Å². The molecule has 0 saturated carbocycles. The largest absolute Gasteiger partial charge is 0.397 e. The van der Waals surface area contributed by atoms with E-state index in [9.17, 15) is 0 Å². The van der Waals surface area contributed by atoms with Gasteiger partial charge in [-0.05, 0) is 19.1 Å². The molecular formula is C9H11N3. The van der Waals surface area contributed by atoms with E-state index in [0.29, 0.717) is 0 Å². The molecular weight excluding hydrogens is 150 g/mol. The molecule has 0 aliphatic carbocycles. The third-order valence-electron chi connectivity index (χ3n) is 2.01. The molecule has 62 valence electrons. The maximum atomic E-state index is 5.79. The highest BCUT2D eigenvalue weighted by Crippen LogP contribution is 2.20. The van der Waals surface area contributed by atoms with Crippen LogP contribution in [0.4, 0.5) is 5.69 Å². The first-order chi connectivity index (χ1) is 5.83. The minimum absolute atomic E-state index is 0.806. The zero-order chi connectivity index (χ0) is 8.55. The van der Waals surface area contributed by atoms with Gasteiger partial charge in [0.1, 0.15) is 5.65 Å². The lowest BCUT2D eigenvalue weighted by Crippen LogP contribution is -1.92. The Kier molecular flexibility index (Phi) is 1.50. The van der Waals surface area contributed by atoms with Gasteiger partial charge in [0.25, 0.3) is 0 Å². The molecule has 0 saturated heterocycles. The molecule has 0 fully saturated rings. The van der Waals surface area contributed by atoms with Gasteiger partial charge in [0.05, 0.1) is 5.69 Å². The minimum atomic E-state index is 0.806. The van der Waals surface area contributed by atoms with Crippen molar-refractivity contribution in [3.05, 3.63) is 24.5 Å². The standard InChI is InChI=1S/C9H11N3/c1-2-12-6-8(10)7-4-3-5-11-9(7)12/h3-6H,2,10H2,1H3. The lowest BCUT2D eigenvalue weighted by Gasteiger charge is -1.96. The molecule has 0 aliphatic rings. The average Bonchev–Trinajstić information content (AvgIpc) is 2.44. The van der Waals surface area contributed by atoms with Crippen LogP contribution in [0, 0.1) is 0 Å². The van der Waals surface area contributed by atoms with Gasteiger partial charge in [0.2, 0.25) is 0 Å². The first-order valence-corrected chi connectivity index (χ1v) is 4.02. The molecule has 0 spiro atoms. The van der Waals surface area contributed by atoms with Crippen molar-refractivity contribution in [2.24, 2.45) is 0 Å². The van der Waals surface area contributed by atoms with Crippen LogP contribution in [0.25, 0.3) is 11.0 Å². The predicted molar refractivity (Wildman–Crippen MR) is 49.8 cm³/mol. The number of nitrogen functional groups attached to an aromatic ring is 1. The van der Waals surface area contributed by atoms with E-state index in [-0.39, 0.29) is 0 Å².